The first-order chi connectivity index (χ1) is 9.83. The van der Waals surface area contributed by atoms with Gasteiger partial charge in [-0.25, -0.2) is 0 Å². The van der Waals surface area contributed by atoms with Gasteiger partial charge in [0.15, 0.2) is 0 Å². The molecular formula is C17H22N2O. The molecule has 0 bridgehead atoms. The Bertz CT molecular complexity index is 496. The maximum atomic E-state index is 5.21. The molecule has 106 valence electrons. The van der Waals surface area contributed by atoms with E-state index in [0.29, 0.717) is 6.04 Å². The number of ether oxygens (including phenoxy) is 1. The monoisotopic (exact) mass is 270 g/mol. The van der Waals surface area contributed by atoms with Gasteiger partial charge in [0, 0.05) is 18.4 Å². The Morgan fingerprint density at radius 1 is 1.20 bits per heavy atom. The van der Waals surface area contributed by atoms with Gasteiger partial charge in [-0.15, -0.1) is 0 Å². The second-order valence-corrected chi connectivity index (χ2v) is 4.78. The van der Waals surface area contributed by atoms with Crippen LogP contribution < -0.4 is 10.1 Å². The van der Waals surface area contributed by atoms with Gasteiger partial charge >= 0.3 is 0 Å². The maximum absolute atomic E-state index is 5.21. The van der Waals surface area contributed by atoms with Crippen molar-refractivity contribution in [1.82, 2.24) is 10.3 Å². The largest absolute Gasteiger partial charge is 0.497 e. The van der Waals surface area contributed by atoms with Crippen molar-refractivity contribution in [1.29, 1.82) is 0 Å². The van der Waals surface area contributed by atoms with Crippen LogP contribution in [-0.2, 0) is 6.42 Å². The van der Waals surface area contributed by atoms with Crippen molar-refractivity contribution in [2.75, 3.05) is 13.7 Å². The van der Waals surface area contributed by atoms with E-state index in [1.54, 1.807) is 7.11 Å². The molecule has 1 N–H and O–H groups in total. The molecule has 20 heavy (non-hydrogen) atoms. The maximum Gasteiger partial charge on any atom is 0.118 e. The van der Waals surface area contributed by atoms with E-state index < -0.39 is 0 Å². The molecule has 0 saturated heterocycles. The van der Waals surface area contributed by atoms with Crippen molar-refractivity contribution in [3.63, 3.8) is 0 Å². The standard InChI is InChI=1S/C17H22N2O/c1-3-19-17(11-6-14-5-4-12-18-13-14)15-7-9-16(20-2)10-8-15/h4-5,7-10,12-13,17,19H,3,6,11H2,1-2H3. The summed E-state index contributed by atoms with van der Waals surface area (Å²) in [5, 5.41) is 3.55. The fourth-order valence-electron chi connectivity index (χ4n) is 2.33. The summed E-state index contributed by atoms with van der Waals surface area (Å²) in [6.45, 7) is 3.10. The molecule has 0 aliphatic carbocycles. The topological polar surface area (TPSA) is 34.2 Å². The summed E-state index contributed by atoms with van der Waals surface area (Å²) >= 11 is 0. The van der Waals surface area contributed by atoms with Crippen molar-refractivity contribution >= 4 is 0 Å². The van der Waals surface area contributed by atoms with Crippen LogP contribution in [0.1, 0.15) is 30.5 Å². The lowest BCUT2D eigenvalue weighted by molar-refractivity contribution is 0.414. The molecule has 0 aliphatic rings. The van der Waals surface area contributed by atoms with Gasteiger partial charge in [0.05, 0.1) is 7.11 Å². The third-order valence-corrected chi connectivity index (χ3v) is 3.41. The zero-order chi connectivity index (χ0) is 14.2. The van der Waals surface area contributed by atoms with Gasteiger partial charge in [-0.1, -0.05) is 25.1 Å². The van der Waals surface area contributed by atoms with Crippen molar-refractivity contribution in [3.8, 4) is 5.75 Å². The molecule has 0 fully saturated rings. The number of nitrogens with one attached hydrogen (secondary N) is 1. The number of aryl methyl sites for hydroxylation is 1. The first kappa shape index (κ1) is 14.5. The van der Waals surface area contributed by atoms with Crippen LogP contribution in [0.15, 0.2) is 48.8 Å². The van der Waals surface area contributed by atoms with Gasteiger partial charge in [-0.2, -0.15) is 0 Å². The Kier molecular flexibility index (Phi) is 5.56. The summed E-state index contributed by atoms with van der Waals surface area (Å²) in [4.78, 5) is 4.17. The van der Waals surface area contributed by atoms with E-state index in [1.807, 2.05) is 30.6 Å². The summed E-state index contributed by atoms with van der Waals surface area (Å²) in [7, 11) is 1.69. The predicted octanol–water partition coefficient (Wildman–Crippen LogP) is 3.37. The third-order valence-electron chi connectivity index (χ3n) is 3.41. The van der Waals surface area contributed by atoms with Crippen LogP contribution in [0.5, 0.6) is 5.75 Å². The highest BCUT2D eigenvalue weighted by Crippen LogP contribution is 2.21. The first-order valence-electron chi connectivity index (χ1n) is 7.09. The highest BCUT2D eigenvalue weighted by molar-refractivity contribution is 5.29. The second kappa shape index (κ2) is 7.65. The van der Waals surface area contributed by atoms with Crippen LogP contribution in [0.25, 0.3) is 0 Å². The number of hydrogen-bond donors (Lipinski definition) is 1. The van der Waals surface area contributed by atoms with Gasteiger partial charge < -0.3 is 10.1 Å². The van der Waals surface area contributed by atoms with Crippen molar-refractivity contribution < 1.29 is 4.74 Å². The summed E-state index contributed by atoms with van der Waals surface area (Å²) in [5.74, 6) is 0.899. The molecule has 0 aliphatic heterocycles. The van der Waals surface area contributed by atoms with E-state index in [4.69, 9.17) is 4.74 Å². The van der Waals surface area contributed by atoms with Crippen molar-refractivity contribution in [3.05, 3.63) is 59.9 Å². The third kappa shape index (κ3) is 4.07. The van der Waals surface area contributed by atoms with E-state index in [1.165, 1.54) is 11.1 Å². The number of pyridine rings is 1. The first-order valence-corrected chi connectivity index (χ1v) is 7.09. The average Bonchev–Trinajstić information content (AvgIpc) is 2.52. The lowest BCUT2D eigenvalue weighted by Crippen LogP contribution is -2.21. The molecule has 1 unspecified atom stereocenters. The quantitative estimate of drug-likeness (QED) is 0.837. The smallest absolute Gasteiger partial charge is 0.118 e. The molecule has 0 saturated carbocycles. The van der Waals surface area contributed by atoms with E-state index in [2.05, 4.69) is 35.4 Å². The minimum Gasteiger partial charge on any atom is -0.497 e. The van der Waals surface area contributed by atoms with E-state index >= 15 is 0 Å². The van der Waals surface area contributed by atoms with E-state index in [-0.39, 0.29) is 0 Å². The van der Waals surface area contributed by atoms with Gasteiger partial charge in [0.25, 0.3) is 0 Å². The van der Waals surface area contributed by atoms with E-state index in [9.17, 15) is 0 Å². The molecule has 3 nitrogen and oxygen atoms in total. The molecule has 1 aromatic heterocycles. The van der Waals surface area contributed by atoms with Gasteiger partial charge in [-0.05, 0) is 48.7 Å². The summed E-state index contributed by atoms with van der Waals surface area (Å²) < 4.78 is 5.21. The van der Waals surface area contributed by atoms with Crippen LogP contribution >= 0.6 is 0 Å². The minimum absolute atomic E-state index is 0.367. The Morgan fingerprint density at radius 2 is 2.00 bits per heavy atom. The van der Waals surface area contributed by atoms with Crippen molar-refractivity contribution in [2.24, 2.45) is 0 Å². The van der Waals surface area contributed by atoms with E-state index in [0.717, 1.165) is 25.1 Å². The minimum atomic E-state index is 0.367. The highest BCUT2D eigenvalue weighted by Gasteiger charge is 2.10. The molecule has 0 amide bonds. The number of hydrogen-bond acceptors (Lipinski definition) is 3. The Balaban J connectivity index is 2.02. The Hall–Kier alpha value is -1.87. The molecule has 2 aromatic rings. The average molecular weight is 270 g/mol. The fourth-order valence-corrected chi connectivity index (χ4v) is 2.33. The Labute approximate surface area is 121 Å². The number of nitrogens with zero attached hydrogens (tertiary/aromatic N) is 1. The van der Waals surface area contributed by atoms with Crippen molar-refractivity contribution in [2.45, 2.75) is 25.8 Å². The summed E-state index contributed by atoms with van der Waals surface area (Å²) in [5.41, 5.74) is 2.58. The van der Waals surface area contributed by atoms with Crippen LogP contribution in [0.3, 0.4) is 0 Å². The SMILES string of the molecule is CCNC(CCc1cccnc1)c1ccc(OC)cc1. The number of rotatable bonds is 7. The molecule has 1 heterocycles. The molecular weight excluding hydrogens is 248 g/mol. The molecule has 0 spiro atoms. The van der Waals surface area contributed by atoms with Crippen LogP contribution in [0.2, 0.25) is 0 Å². The lowest BCUT2D eigenvalue weighted by atomic mass is 9.99. The second-order valence-electron chi connectivity index (χ2n) is 4.78. The van der Waals surface area contributed by atoms with Crippen LogP contribution in [0.4, 0.5) is 0 Å². The summed E-state index contributed by atoms with van der Waals surface area (Å²) in [6, 6.07) is 12.8. The number of benzene rings is 1. The number of methoxy groups -OCH3 is 1. The molecule has 1 atom stereocenters. The number of aromatic nitrogens is 1. The molecule has 2 rings (SSSR count). The molecule has 1 aromatic carbocycles. The molecule has 3 heteroatoms. The normalized spacial score (nSPS) is 12.1. The van der Waals surface area contributed by atoms with Gasteiger partial charge in [0.2, 0.25) is 0 Å². The summed E-state index contributed by atoms with van der Waals surface area (Å²) in [6.07, 6.45) is 5.84. The zero-order valence-corrected chi connectivity index (χ0v) is 12.2. The fraction of sp³-hybridized carbons (Fsp3) is 0.353. The van der Waals surface area contributed by atoms with Gasteiger partial charge in [0.1, 0.15) is 5.75 Å². The van der Waals surface area contributed by atoms with Crippen LogP contribution in [0, 0.1) is 0 Å². The lowest BCUT2D eigenvalue weighted by Gasteiger charge is -2.18. The zero-order valence-electron chi connectivity index (χ0n) is 12.2. The van der Waals surface area contributed by atoms with Crippen LogP contribution in [-0.4, -0.2) is 18.6 Å². The Morgan fingerprint density at radius 3 is 2.60 bits per heavy atom. The van der Waals surface area contributed by atoms with Gasteiger partial charge in [-0.3, -0.25) is 4.98 Å². The predicted molar refractivity (Wildman–Crippen MR) is 82.0 cm³/mol. The highest BCUT2D eigenvalue weighted by atomic mass is 16.5. The molecule has 0 radical (unpaired) electrons.